The molecule has 0 radical (unpaired) electrons. The molecule has 0 saturated heterocycles. The molecule has 1 aromatic heterocycles. The molecule has 0 bridgehead atoms. The zero-order chi connectivity index (χ0) is 14.8. The summed E-state index contributed by atoms with van der Waals surface area (Å²) < 4.78 is 25.7. The van der Waals surface area contributed by atoms with Crippen molar-refractivity contribution in [3.8, 4) is 0 Å². The van der Waals surface area contributed by atoms with Crippen LogP contribution in [0, 0.1) is 0 Å². The van der Waals surface area contributed by atoms with Crippen molar-refractivity contribution in [3.63, 3.8) is 0 Å². The van der Waals surface area contributed by atoms with E-state index >= 15 is 0 Å². The van der Waals surface area contributed by atoms with E-state index < -0.39 is 6.43 Å². The molecular formula is C15H15F2N3S. The summed E-state index contributed by atoms with van der Waals surface area (Å²) in [5.74, 6) is 0.468. The van der Waals surface area contributed by atoms with Gasteiger partial charge < -0.3 is 10.6 Å². The second-order valence-corrected chi connectivity index (χ2v) is 5.93. The first-order chi connectivity index (χ1) is 10.1. The summed E-state index contributed by atoms with van der Waals surface area (Å²) in [6.07, 6.45) is -2.46. The van der Waals surface area contributed by atoms with Crippen molar-refractivity contribution in [3.05, 3.63) is 57.8 Å². The predicted octanol–water partition coefficient (Wildman–Crippen LogP) is 3.56. The maximum absolute atomic E-state index is 12.8. The summed E-state index contributed by atoms with van der Waals surface area (Å²) in [7, 11) is 0. The fraction of sp³-hybridized carbons (Fsp3) is 0.267. The summed E-state index contributed by atoms with van der Waals surface area (Å²) in [5, 5.41) is 2.01. The third-order valence-electron chi connectivity index (χ3n) is 3.55. The topological polar surface area (TPSA) is 41.6 Å². The number of hydrogen-bond acceptors (Lipinski definition) is 4. The van der Waals surface area contributed by atoms with E-state index in [1.165, 1.54) is 10.9 Å². The molecule has 3 rings (SSSR count). The molecule has 0 saturated carbocycles. The Bertz CT molecular complexity index is 640. The van der Waals surface area contributed by atoms with Gasteiger partial charge in [0.1, 0.15) is 0 Å². The van der Waals surface area contributed by atoms with Crippen LogP contribution < -0.4 is 5.73 Å². The van der Waals surface area contributed by atoms with Gasteiger partial charge in [-0.25, -0.2) is 8.78 Å². The fourth-order valence-electron chi connectivity index (χ4n) is 2.48. The third kappa shape index (κ3) is 2.90. The van der Waals surface area contributed by atoms with Crippen molar-refractivity contribution in [1.82, 2.24) is 4.90 Å². The van der Waals surface area contributed by atoms with Crippen LogP contribution in [0.3, 0.4) is 0 Å². The average molecular weight is 307 g/mol. The second-order valence-electron chi connectivity index (χ2n) is 4.89. The Morgan fingerprint density at radius 3 is 2.90 bits per heavy atom. The Balaban J connectivity index is 1.85. The largest absolute Gasteiger partial charge is 0.370 e. The Hall–Kier alpha value is -1.95. The summed E-state index contributed by atoms with van der Waals surface area (Å²) in [5.41, 5.74) is 6.82. The minimum absolute atomic E-state index is 0.0362. The quantitative estimate of drug-likeness (QED) is 0.938. The van der Waals surface area contributed by atoms with E-state index in [-0.39, 0.29) is 11.6 Å². The molecule has 0 fully saturated rings. The molecule has 2 aromatic rings. The summed E-state index contributed by atoms with van der Waals surface area (Å²) in [6.45, 7) is 1.15. The van der Waals surface area contributed by atoms with Crippen LogP contribution in [0.25, 0.3) is 0 Å². The predicted molar refractivity (Wildman–Crippen MR) is 80.5 cm³/mol. The number of thiophene rings is 1. The van der Waals surface area contributed by atoms with Gasteiger partial charge in [-0.3, -0.25) is 4.99 Å². The van der Waals surface area contributed by atoms with Crippen molar-refractivity contribution >= 4 is 17.3 Å². The molecule has 110 valence electrons. The molecule has 0 spiro atoms. The first-order valence-electron chi connectivity index (χ1n) is 6.62. The highest BCUT2D eigenvalue weighted by Crippen LogP contribution is 2.30. The summed E-state index contributed by atoms with van der Waals surface area (Å²) in [4.78, 5) is 7.41. The van der Waals surface area contributed by atoms with Gasteiger partial charge in [0, 0.05) is 10.4 Å². The van der Waals surface area contributed by atoms with Crippen molar-refractivity contribution in [2.24, 2.45) is 10.7 Å². The molecule has 3 nitrogen and oxygen atoms in total. The molecule has 2 heterocycles. The monoisotopic (exact) mass is 307 g/mol. The number of nitrogens with two attached hydrogens (primary N) is 1. The van der Waals surface area contributed by atoms with Crippen molar-refractivity contribution in [1.29, 1.82) is 0 Å². The first kappa shape index (κ1) is 14.0. The lowest BCUT2D eigenvalue weighted by Crippen LogP contribution is -2.35. The summed E-state index contributed by atoms with van der Waals surface area (Å²) >= 11 is 1.64. The lowest BCUT2D eigenvalue weighted by Gasteiger charge is -2.26. The number of rotatable bonds is 4. The number of nitrogens with zero attached hydrogens (tertiary/aromatic N) is 2. The SMILES string of the molecule is NC1=NCC(c2cccc(C(F)F)c2)N1Cc1cccs1. The Morgan fingerprint density at radius 1 is 1.33 bits per heavy atom. The molecule has 6 heteroatoms. The van der Waals surface area contributed by atoms with Crippen LogP contribution in [0.2, 0.25) is 0 Å². The van der Waals surface area contributed by atoms with E-state index in [0.717, 1.165) is 5.56 Å². The van der Waals surface area contributed by atoms with Crippen LogP contribution >= 0.6 is 11.3 Å². The number of halogens is 2. The highest BCUT2D eigenvalue weighted by atomic mass is 32.1. The summed E-state index contributed by atoms with van der Waals surface area (Å²) in [6, 6.07) is 10.4. The molecule has 0 aliphatic carbocycles. The molecule has 1 aliphatic heterocycles. The van der Waals surface area contributed by atoms with Crippen molar-refractivity contribution in [2.45, 2.75) is 19.0 Å². The van der Waals surface area contributed by atoms with E-state index in [0.29, 0.717) is 19.0 Å². The van der Waals surface area contributed by atoms with Crippen LogP contribution in [0.4, 0.5) is 8.78 Å². The Morgan fingerprint density at radius 2 is 2.19 bits per heavy atom. The van der Waals surface area contributed by atoms with Gasteiger partial charge in [0.25, 0.3) is 6.43 Å². The van der Waals surface area contributed by atoms with Crippen LogP contribution in [-0.2, 0) is 6.54 Å². The van der Waals surface area contributed by atoms with E-state index in [1.807, 2.05) is 28.5 Å². The van der Waals surface area contributed by atoms with Gasteiger partial charge in [-0.05, 0) is 23.1 Å². The maximum Gasteiger partial charge on any atom is 0.263 e. The van der Waals surface area contributed by atoms with Crippen LogP contribution in [0.5, 0.6) is 0 Å². The number of hydrogen-bond donors (Lipinski definition) is 1. The van der Waals surface area contributed by atoms with Crippen molar-refractivity contribution in [2.75, 3.05) is 6.54 Å². The minimum Gasteiger partial charge on any atom is -0.370 e. The highest BCUT2D eigenvalue weighted by molar-refractivity contribution is 7.09. The van der Waals surface area contributed by atoms with E-state index in [2.05, 4.69) is 4.99 Å². The molecule has 2 N–H and O–H groups in total. The zero-order valence-electron chi connectivity index (χ0n) is 11.2. The number of alkyl halides is 2. The van der Waals surface area contributed by atoms with Crippen molar-refractivity contribution < 1.29 is 8.78 Å². The van der Waals surface area contributed by atoms with E-state index in [4.69, 9.17) is 5.73 Å². The third-order valence-corrected chi connectivity index (χ3v) is 4.41. The van der Waals surface area contributed by atoms with Gasteiger partial charge in [0.05, 0.1) is 19.1 Å². The van der Waals surface area contributed by atoms with Gasteiger partial charge >= 0.3 is 0 Å². The number of guanidine groups is 1. The first-order valence-corrected chi connectivity index (χ1v) is 7.50. The normalized spacial score (nSPS) is 18.3. The second kappa shape index (κ2) is 5.81. The smallest absolute Gasteiger partial charge is 0.263 e. The Kier molecular flexibility index (Phi) is 3.88. The number of benzene rings is 1. The zero-order valence-corrected chi connectivity index (χ0v) is 12.1. The van der Waals surface area contributed by atoms with Crippen LogP contribution in [0.15, 0.2) is 46.8 Å². The molecule has 1 aromatic carbocycles. The minimum atomic E-state index is -2.46. The van der Waals surface area contributed by atoms with Gasteiger partial charge in [0.2, 0.25) is 0 Å². The molecule has 1 unspecified atom stereocenters. The molecule has 21 heavy (non-hydrogen) atoms. The highest BCUT2D eigenvalue weighted by Gasteiger charge is 2.28. The van der Waals surface area contributed by atoms with Crippen LogP contribution in [0.1, 0.15) is 28.5 Å². The molecule has 1 aliphatic rings. The lowest BCUT2D eigenvalue weighted by atomic mass is 10.0. The average Bonchev–Trinajstić information content (AvgIpc) is 3.11. The fourth-order valence-corrected chi connectivity index (χ4v) is 3.18. The maximum atomic E-state index is 12.8. The van der Waals surface area contributed by atoms with Gasteiger partial charge in [-0.2, -0.15) is 0 Å². The van der Waals surface area contributed by atoms with Gasteiger partial charge in [-0.1, -0.05) is 24.3 Å². The van der Waals surface area contributed by atoms with Gasteiger partial charge in [0.15, 0.2) is 5.96 Å². The molecule has 1 atom stereocenters. The van der Waals surface area contributed by atoms with E-state index in [9.17, 15) is 8.78 Å². The molecule has 0 amide bonds. The number of aliphatic imine (C=N–C) groups is 1. The Labute approximate surface area is 125 Å². The molecular weight excluding hydrogens is 292 g/mol. The standard InChI is InChI=1S/C15H15F2N3S/c16-14(17)11-4-1-3-10(7-11)13-8-19-15(18)20(13)9-12-5-2-6-21-12/h1-7,13-14H,8-9H2,(H2,18,19). The van der Waals surface area contributed by atoms with E-state index in [1.54, 1.807) is 23.5 Å². The lowest BCUT2D eigenvalue weighted by molar-refractivity contribution is 0.151. The van der Waals surface area contributed by atoms with Gasteiger partial charge in [-0.15, -0.1) is 11.3 Å². The van der Waals surface area contributed by atoms with Crippen LogP contribution in [-0.4, -0.2) is 17.4 Å².